The van der Waals surface area contributed by atoms with E-state index >= 15 is 0 Å². The van der Waals surface area contributed by atoms with Crippen molar-refractivity contribution in [2.45, 2.75) is 0 Å². The van der Waals surface area contributed by atoms with Crippen LogP contribution in [0.15, 0.2) is 47.0 Å². The lowest BCUT2D eigenvalue weighted by Crippen LogP contribution is -1.93. The summed E-state index contributed by atoms with van der Waals surface area (Å²) in [6.45, 7) is 0. The Morgan fingerprint density at radius 2 is 2.00 bits per heavy atom. The van der Waals surface area contributed by atoms with Crippen molar-refractivity contribution in [1.82, 2.24) is 9.97 Å². The average Bonchev–Trinajstić information content (AvgIpc) is 2.72. The van der Waals surface area contributed by atoms with Gasteiger partial charge in [-0.2, -0.15) is 0 Å². The topological polar surface area (TPSA) is 64.9 Å². The van der Waals surface area contributed by atoms with E-state index in [0.29, 0.717) is 17.4 Å². The molecule has 0 bridgehead atoms. The van der Waals surface area contributed by atoms with Crippen LogP contribution in [0.25, 0.3) is 22.6 Å². The smallest absolute Gasteiger partial charge is 0.197 e. The Labute approximate surface area is 91.7 Å². The van der Waals surface area contributed by atoms with Gasteiger partial charge >= 0.3 is 0 Å². The van der Waals surface area contributed by atoms with Gasteiger partial charge in [0.15, 0.2) is 11.6 Å². The summed E-state index contributed by atoms with van der Waals surface area (Å²) in [5, 5.41) is 1.03. The van der Waals surface area contributed by atoms with Crippen LogP contribution in [0, 0.1) is 0 Å². The lowest BCUT2D eigenvalue weighted by Gasteiger charge is -1.95. The van der Waals surface area contributed by atoms with Crippen LogP contribution in [0.2, 0.25) is 0 Å². The first kappa shape index (κ1) is 8.91. The van der Waals surface area contributed by atoms with Crippen LogP contribution >= 0.6 is 0 Å². The van der Waals surface area contributed by atoms with E-state index in [1.54, 1.807) is 12.3 Å². The summed E-state index contributed by atoms with van der Waals surface area (Å²) < 4.78 is 5.63. The number of para-hydroxylation sites is 1. The molecule has 0 aliphatic rings. The van der Waals surface area contributed by atoms with Crippen LogP contribution in [0.4, 0.5) is 5.82 Å². The summed E-state index contributed by atoms with van der Waals surface area (Å²) in [7, 11) is 0. The highest BCUT2D eigenvalue weighted by molar-refractivity contribution is 5.81. The van der Waals surface area contributed by atoms with Crippen molar-refractivity contribution in [3.05, 3.63) is 42.6 Å². The summed E-state index contributed by atoms with van der Waals surface area (Å²) in [6, 6.07) is 11.3. The molecule has 1 aromatic carbocycles. The van der Waals surface area contributed by atoms with Crippen molar-refractivity contribution >= 4 is 16.8 Å². The fourth-order valence-electron chi connectivity index (χ4n) is 1.58. The summed E-state index contributed by atoms with van der Waals surface area (Å²) >= 11 is 0. The highest BCUT2D eigenvalue weighted by Gasteiger charge is 2.08. The second-order valence-corrected chi connectivity index (χ2v) is 3.45. The molecule has 16 heavy (non-hydrogen) atoms. The Kier molecular flexibility index (Phi) is 1.86. The van der Waals surface area contributed by atoms with Gasteiger partial charge in [-0.25, -0.2) is 9.97 Å². The van der Waals surface area contributed by atoms with Gasteiger partial charge in [0.1, 0.15) is 11.4 Å². The molecule has 0 saturated carbocycles. The van der Waals surface area contributed by atoms with Crippen LogP contribution in [0.5, 0.6) is 0 Å². The van der Waals surface area contributed by atoms with Crippen molar-refractivity contribution in [3.8, 4) is 11.6 Å². The van der Waals surface area contributed by atoms with E-state index in [9.17, 15) is 0 Å². The second-order valence-electron chi connectivity index (χ2n) is 3.45. The summed E-state index contributed by atoms with van der Waals surface area (Å²) in [5.74, 6) is 1.58. The molecule has 0 aliphatic heterocycles. The minimum Gasteiger partial charge on any atom is -0.453 e. The molecule has 2 N–H and O–H groups in total. The molecule has 0 radical (unpaired) electrons. The maximum Gasteiger partial charge on any atom is 0.197 e. The first-order chi connectivity index (χ1) is 7.83. The number of furan rings is 1. The number of anilines is 1. The Morgan fingerprint density at radius 3 is 2.81 bits per heavy atom. The number of nitrogens with two attached hydrogens (primary N) is 1. The van der Waals surface area contributed by atoms with Gasteiger partial charge in [0.2, 0.25) is 0 Å². The molecular formula is C12H9N3O. The van der Waals surface area contributed by atoms with Crippen molar-refractivity contribution < 1.29 is 4.42 Å². The molecule has 78 valence electrons. The Morgan fingerprint density at radius 1 is 1.12 bits per heavy atom. The number of aromatic nitrogens is 2. The molecule has 0 atom stereocenters. The van der Waals surface area contributed by atoms with E-state index < -0.39 is 0 Å². The normalized spacial score (nSPS) is 10.8. The number of nitrogen functional groups attached to an aromatic ring is 1. The molecule has 2 heterocycles. The highest BCUT2D eigenvalue weighted by Crippen LogP contribution is 2.25. The Balaban J connectivity index is 2.19. The van der Waals surface area contributed by atoms with E-state index in [0.717, 1.165) is 11.0 Å². The Bertz CT molecular complexity index is 612. The number of rotatable bonds is 1. The lowest BCUT2D eigenvalue weighted by atomic mass is 10.2. The second kappa shape index (κ2) is 3.34. The van der Waals surface area contributed by atoms with Gasteiger partial charge < -0.3 is 10.2 Å². The molecule has 4 nitrogen and oxygen atoms in total. The molecule has 0 aliphatic carbocycles. The first-order valence-corrected chi connectivity index (χ1v) is 4.90. The predicted molar refractivity (Wildman–Crippen MR) is 61.7 cm³/mol. The van der Waals surface area contributed by atoms with Gasteiger partial charge in [-0.3, -0.25) is 0 Å². The molecule has 3 rings (SSSR count). The highest BCUT2D eigenvalue weighted by atomic mass is 16.3. The van der Waals surface area contributed by atoms with Crippen LogP contribution in [-0.2, 0) is 0 Å². The van der Waals surface area contributed by atoms with Gasteiger partial charge in [0.05, 0.1) is 0 Å². The molecule has 0 fully saturated rings. The minimum absolute atomic E-state index is 0.436. The number of hydrogen-bond acceptors (Lipinski definition) is 4. The van der Waals surface area contributed by atoms with Crippen LogP contribution in [-0.4, -0.2) is 9.97 Å². The zero-order chi connectivity index (χ0) is 11.0. The first-order valence-electron chi connectivity index (χ1n) is 4.90. The summed E-state index contributed by atoms with van der Waals surface area (Å²) in [4.78, 5) is 8.23. The number of nitrogens with zero attached hydrogens (tertiary/aromatic N) is 2. The van der Waals surface area contributed by atoms with E-state index in [1.165, 1.54) is 0 Å². The molecule has 0 unspecified atom stereocenters. The average molecular weight is 211 g/mol. The zero-order valence-electron chi connectivity index (χ0n) is 8.42. The van der Waals surface area contributed by atoms with Gasteiger partial charge in [-0.15, -0.1) is 0 Å². The standard InChI is InChI=1S/C12H9N3O/c13-11-5-6-14-12(15-11)10-7-8-3-1-2-4-9(8)16-10/h1-7H,(H2,13,14,15). The molecular weight excluding hydrogens is 202 g/mol. The predicted octanol–water partition coefficient (Wildman–Crippen LogP) is 2.47. The van der Waals surface area contributed by atoms with Crippen molar-refractivity contribution in [3.63, 3.8) is 0 Å². The van der Waals surface area contributed by atoms with Crippen molar-refractivity contribution in [2.24, 2.45) is 0 Å². The maximum atomic E-state index is 5.63. The largest absolute Gasteiger partial charge is 0.453 e. The van der Waals surface area contributed by atoms with Crippen LogP contribution in [0.1, 0.15) is 0 Å². The third-order valence-corrected chi connectivity index (χ3v) is 2.32. The van der Waals surface area contributed by atoms with Gasteiger partial charge in [0, 0.05) is 11.6 Å². The fraction of sp³-hybridized carbons (Fsp3) is 0. The molecule has 0 amide bonds. The maximum absolute atomic E-state index is 5.63. The van der Waals surface area contributed by atoms with Crippen molar-refractivity contribution in [1.29, 1.82) is 0 Å². The minimum atomic E-state index is 0.436. The number of hydrogen-bond donors (Lipinski definition) is 1. The fourth-order valence-corrected chi connectivity index (χ4v) is 1.58. The third kappa shape index (κ3) is 1.40. The lowest BCUT2D eigenvalue weighted by molar-refractivity contribution is 0.625. The van der Waals surface area contributed by atoms with E-state index in [2.05, 4.69) is 9.97 Å². The SMILES string of the molecule is Nc1ccnc(-c2cc3ccccc3o2)n1. The zero-order valence-corrected chi connectivity index (χ0v) is 8.42. The molecule has 2 aromatic heterocycles. The van der Waals surface area contributed by atoms with Crippen molar-refractivity contribution in [2.75, 3.05) is 5.73 Å². The molecule has 3 aromatic rings. The van der Waals surface area contributed by atoms with Crippen LogP contribution < -0.4 is 5.73 Å². The monoisotopic (exact) mass is 211 g/mol. The third-order valence-electron chi connectivity index (χ3n) is 2.32. The van der Waals surface area contributed by atoms with E-state index in [4.69, 9.17) is 10.2 Å². The van der Waals surface area contributed by atoms with Gasteiger partial charge in [0.25, 0.3) is 0 Å². The van der Waals surface area contributed by atoms with E-state index in [-0.39, 0.29) is 0 Å². The quantitative estimate of drug-likeness (QED) is 0.671. The number of benzene rings is 1. The van der Waals surface area contributed by atoms with E-state index in [1.807, 2.05) is 30.3 Å². The van der Waals surface area contributed by atoms with Gasteiger partial charge in [-0.1, -0.05) is 18.2 Å². The number of fused-ring (bicyclic) bond motifs is 1. The molecule has 0 spiro atoms. The van der Waals surface area contributed by atoms with Gasteiger partial charge in [-0.05, 0) is 18.2 Å². The van der Waals surface area contributed by atoms with Crippen LogP contribution in [0.3, 0.4) is 0 Å². The molecule has 0 saturated heterocycles. The molecule has 4 heteroatoms. The Hall–Kier alpha value is -2.36. The summed E-state index contributed by atoms with van der Waals surface area (Å²) in [6.07, 6.45) is 1.62. The summed E-state index contributed by atoms with van der Waals surface area (Å²) in [5.41, 5.74) is 6.42.